The molecule has 0 spiro atoms. The van der Waals surface area contributed by atoms with Gasteiger partial charge in [0.1, 0.15) is 12.7 Å². The lowest BCUT2D eigenvalue weighted by atomic mass is 10.1. The SMILES string of the molecule is CC=CC1=C(C)C(=O)N(CC2CN(c3ccc(N4CCOCC4=O)cc3)C(=O)O2)C1=O. The van der Waals surface area contributed by atoms with E-state index in [9.17, 15) is 19.2 Å². The van der Waals surface area contributed by atoms with E-state index >= 15 is 0 Å². The Kier molecular flexibility index (Phi) is 5.60. The minimum absolute atomic E-state index is 0.00133. The van der Waals surface area contributed by atoms with Gasteiger partial charge in [0, 0.05) is 29.1 Å². The van der Waals surface area contributed by atoms with E-state index in [2.05, 4.69) is 0 Å². The van der Waals surface area contributed by atoms with Crippen LogP contribution < -0.4 is 9.80 Å². The Balaban J connectivity index is 1.42. The average molecular weight is 425 g/mol. The lowest BCUT2D eigenvalue weighted by Crippen LogP contribution is -2.41. The van der Waals surface area contributed by atoms with E-state index in [1.165, 1.54) is 4.90 Å². The molecule has 3 aliphatic rings. The van der Waals surface area contributed by atoms with Crippen molar-refractivity contribution < 1.29 is 28.7 Å². The fourth-order valence-electron chi connectivity index (χ4n) is 3.88. The third-order valence-corrected chi connectivity index (χ3v) is 5.50. The molecule has 0 N–H and O–H groups in total. The van der Waals surface area contributed by atoms with Crippen LogP contribution in [0.5, 0.6) is 0 Å². The lowest BCUT2D eigenvalue weighted by molar-refractivity contribution is -0.138. The minimum atomic E-state index is -0.626. The number of carbonyl (C=O) groups is 4. The second kappa shape index (κ2) is 8.35. The zero-order valence-electron chi connectivity index (χ0n) is 17.4. The Hall–Kier alpha value is -3.46. The van der Waals surface area contributed by atoms with E-state index in [-0.39, 0.29) is 37.4 Å². The van der Waals surface area contributed by atoms with Gasteiger partial charge in [-0.1, -0.05) is 12.2 Å². The fraction of sp³-hybridized carbons (Fsp3) is 0.364. The zero-order chi connectivity index (χ0) is 22.1. The van der Waals surface area contributed by atoms with Gasteiger partial charge in [-0.05, 0) is 38.1 Å². The van der Waals surface area contributed by atoms with Gasteiger partial charge in [0.25, 0.3) is 17.7 Å². The number of morpholine rings is 1. The number of amides is 4. The summed E-state index contributed by atoms with van der Waals surface area (Å²) in [6.45, 7) is 4.61. The van der Waals surface area contributed by atoms with Crippen molar-refractivity contribution in [2.45, 2.75) is 20.0 Å². The highest BCUT2D eigenvalue weighted by molar-refractivity contribution is 6.20. The van der Waals surface area contributed by atoms with Crippen LogP contribution in [0.4, 0.5) is 16.2 Å². The van der Waals surface area contributed by atoms with Crippen LogP contribution in [0.15, 0.2) is 47.6 Å². The summed E-state index contributed by atoms with van der Waals surface area (Å²) in [7, 11) is 0. The second-order valence-corrected chi connectivity index (χ2v) is 7.49. The van der Waals surface area contributed by atoms with Crippen LogP contribution >= 0.6 is 0 Å². The van der Waals surface area contributed by atoms with E-state index in [1.54, 1.807) is 55.2 Å². The molecule has 1 unspecified atom stereocenters. The molecule has 31 heavy (non-hydrogen) atoms. The van der Waals surface area contributed by atoms with Crippen LogP contribution in [0.25, 0.3) is 0 Å². The quantitative estimate of drug-likeness (QED) is 0.666. The summed E-state index contributed by atoms with van der Waals surface area (Å²) >= 11 is 0. The van der Waals surface area contributed by atoms with Crippen LogP contribution in [0.3, 0.4) is 0 Å². The monoisotopic (exact) mass is 425 g/mol. The number of imide groups is 1. The average Bonchev–Trinajstić information content (AvgIpc) is 3.23. The standard InChI is InChI=1S/C22H23N3O6/c1-3-4-18-14(2)20(27)25(21(18)28)12-17-11-24(22(29)31-17)16-7-5-15(6-8-16)23-9-10-30-13-19(23)26/h3-8,17H,9-13H2,1-2H3. The van der Waals surface area contributed by atoms with Gasteiger partial charge in [0.15, 0.2) is 0 Å². The smallest absolute Gasteiger partial charge is 0.414 e. The van der Waals surface area contributed by atoms with Crippen molar-refractivity contribution in [1.82, 2.24) is 4.90 Å². The molecule has 0 saturated carbocycles. The number of carbonyl (C=O) groups excluding carboxylic acids is 4. The molecule has 4 rings (SSSR count). The highest BCUT2D eigenvalue weighted by atomic mass is 16.6. The van der Waals surface area contributed by atoms with Crippen molar-refractivity contribution >= 4 is 35.2 Å². The van der Waals surface area contributed by atoms with E-state index < -0.39 is 12.2 Å². The molecule has 162 valence electrons. The third-order valence-electron chi connectivity index (χ3n) is 5.50. The van der Waals surface area contributed by atoms with E-state index in [0.717, 1.165) is 10.6 Å². The molecule has 9 nitrogen and oxygen atoms in total. The zero-order valence-corrected chi connectivity index (χ0v) is 17.4. The topological polar surface area (TPSA) is 96.5 Å². The van der Waals surface area contributed by atoms with Crippen LogP contribution in [-0.2, 0) is 23.9 Å². The lowest BCUT2D eigenvalue weighted by Gasteiger charge is -2.27. The van der Waals surface area contributed by atoms with E-state index in [4.69, 9.17) is 9.47 Å². The highest BCUT2D eigenvalue weighted by Gasteiger charge is 2.40. The summed E-state index contributed by atoms with van der Waals surface area (Å²) < 4.78 is 10.5. The molecule has 1 aromatic rings. The molecule has 1 atom stereocenters. The van der Waals surface area contributed by atoms with Gasteiger partial charge in [0.05, 0.1) is 19.7 Å². The molecule has 2 saturated heterocycles. The van der Waals surface area contributed by atoms with E-state index in [0.29, 0.717) is 30.0 Å². The van der Waals surface area contributed by atoms with Gasteiger partial charge in [-0.25, -0.2) is 4.79 Å². The number of rotatable bonds is 5. The van der Waals surface area contributed by atoms with Gasteiger partial charge < -0.3 is 14.4 Å². The summed E-state index contributed by atoms with van der Waals surface area (Å²) in [5.41, 5.74) is 2.09. The van der Waals surface area contributed by atoms with Crippen LogP contribution in [0.2, 0.25) is 0 Å². The predicted octanol–water partition coefficient (Wildman–Crippen LogP) is 1.64. The van der Waals surface area contributed by atoms with Crippen LogP contribution in [-0.4, -0.2) is 67.7 Å². The molecule has 2 fully saturated rings. The van der Waals surface area contributed by atoms with Crippen molar-refractivity contribution in [3.05, 3.63) is 47.6 Å². The summed E-state index contributed by atoms with van der Waals surface area (Å²) in [6, 6.07) is 7.01. The summed E-state index contributed by atoms with van der Waals surface area (Å²) in [4.78, 5) is 53.6. The molecule has 1 aromatic carbocycles. The highest BCUT2D eigenvalue weighted by Crippen LogP contribution is 2.28. The number of allylic oxidation sites excluding steroid dienone is 1. The number of cyclic esters (lactones) is 1. The largest absolute Gasteiger partial charge is 0.442 e. The number of nitrogens with zero attached hydrogens (tertiary/aromatic N) is 3. The molecule has 3 aliphatic heterocycles. The summed E-state index contributed by atoms with van der Waals surface area (Å²) in [6.07, 6.45) is 2.15. The van der Waals surface area contributed by atoms with Crippen molar-refractivity contribution in [2.24, 2.45) is 0 Å². The molecule has 0 radical (unpaired) electrons. The van der Waals surface area contributed by atoms with Gasteiger partial charge >= 0.3 is 6.09 Å². The van der Waals surface area contributed by atoms with Gasteiger partial charge in [0.2, 0.25) is 0 Å². The number of anilines is 2. The molecular formula is C22H23N3O6. The number of hydrogen-bond donors (Lipinski definition) is 0. The first-order valence-electron chi connectivity index (χ1n) is 10.1. The maximum absolute atomic E-state index is 12.6. The van der Waals surface area contributed by atoms with Crippen molar-refractivity contribution in [2.75, 3.05) is 42.6 Å². The summed E-state index contributed by atoms with van der Waals surface area (Å²) in [5.74, 6) is -0.859. The minimum Gasteiger partial charge on any atom is -0.442 e. The summed E-state index contributed by atoms with van der Waals surface area (Å²) in [5, 5.41) is 0. The first-order chi connectivity index (χ1) is 14.9. The number of hydrogen-bond acceptors (Lipinski definition) is 6. The molecule has 0 aromatic heterocycles. The van der Waals surface area contributed by atoms with Gasteiger partial charge in [-0.2, -0.15) is 0 Å². The molecular weight excluding hydrogens is 402 g/mol. The molecule has 0 aliphatic carbocycles. The third kappa shape index (κ3) is 3.84. The maximum Gasteiger partial charge on any atom is 0.414 e. The van der Waals surface area contributed by atoms with E-state index in [1.807, 2.05) is 0 Å². The van der Waals surface area contributed by atoms with Crippen molar-refractivity contribution in [3.8, 4) is 0 Å². The molecule has 4 amide bonds. The van der Waals surface area contributed by atoms with Crippen molar-refractivity contribution in [1.29, 1.82) is 0 Å². The van der Waals surface area contributed by atoms with Crippen molar-refractivity contribution in [3.63, 3.8) is 0 Å². The maximum atomic E-state index is 12.6. The Labute approximate surface area is 179 Å². The number of ether oxygens (including phenoxy) is 2. The second-order valence-electron chi connectivity index (χ2n) is 7.49. The first-order valence-corrected chi connectivity index (χ1v) is 10.1. The first kappa shape index (κ1) is 20.8. The molecule has 9 heteroatoms. The predicted molar refractivity (Wildman–Crippen MR) is 111 cm³/mol. The van der Waals surface area contributed by atoms with Crippen LogP contribution in [0, 0.1) is 0 Å². The molecule has 0 bridgehead atoms. The van der Waals surface area contributed by atoms with Gasteiger partial charge in [-0.15, -0.1) is 0 Å². The Morgan fingerprint density at radius 1 is 1.03 bits per heavy atom. The Morgan fingerprint density at radius 2 is 1.71 bits per heavy atom. The Morgan fingerprint density at radius 3 is 2.35 bits per heavy atom. The van der Waals surface area contributed by atoms with Crippen LogP contribution in [0.1, 0.15) is 13.8 Å². The Bertz CT molecular complexity index is 997. The van der Waals surface area contributed by atoms with Gasteiger partial charge in [-0.3, -0.25) is 24.2 Å². The normalized spacial score (nSPS) is 22.4. The fourth-order valence-corrected chi connectivity index (χ4v) is 3.88. The number of benzene rings is 1. The molecule has 3 heterocycles.